The third-order valence-corrected chi connectivity index (χ3v) is 6.47. The molecule has 0 aliphatic rings. The van der Waals surface area contributed by atoms with Gasteiger partial charge in [0, 0.05) is 48.1 Å². The first-order valence-corrected chi connectivity index (χ1v) is 12.6. The molecule has 0 aliphatic heterocycles. The number of nitrogen functional groups attached to an aromatic ring is 1. The van der Waals surface area contributed by atoms with Crippen LogP contribution in [0.1, 0.15) is 28.9 Å². The van der Waals surface area contributed by atoms with Crippen LogP contribution < -0.4 is 15.8 Å². The van der Waals surface area contributed by atoms with Crippen molar-refractivity contribution in [2.75, 3.05) is 17.3 Å². The lowest BCUT2D eigenvalue weighted by atomic mass is 10.1. The predicted octanol–water partition coefficient (Wildman–Crippen LogP) is 3.86. The Hall–Kier alpha value is -4.18. The zero-order valence-electron chi connectivity index (χ0n) is 19.5. The molecular formula is C25H25N5O4S. The molecule has 9 nitrogen and oxygen atoms in total. The molecule has 3 N–H and O–H groups in total. The van der Waals surface area contributed by atoms with Crippen molar-refractivity contribution in [1.29, 1.82) is 0 Å². The van der Waals surface area contributed by atoms with Gasteiger partial charge in [-0.1, -0.05) is 18.2 Å². The van der Waals surface area contributed by atoms with Gasteiger partial charge in [0.2, 0.25) is 0 Å². The van der Waals surface area contributed by atoms with Crippen LogP contribution in [0.2, 0.25) is 0 Å². The Morgan fingerprint density at radius 1 is 1.09 bits per heavy atom. The number of aromatic nitrogens is 3. The number of ether oxygens (including phenoxy) is 1. The second-order valence-electron chi connectivity index (χ2n) is 8.15. The number of nitrogens with two attached hydrogens (primary N) is 1. The van der Waals surface area contributed by atoms with Gasteiger partial charge in [-0.2, -0.15) is 5.10 Å². The maximum Gasteiger partial charge on any atom is 0.255 e. The van der Waals surface area contributed by atoms with Crippen LogP contribution in [0.3, 0.4) is 0 Å². The van der Waals surface area contributed by atoms with E-state index in [1.165, 1.54) is 18.2 Å². The van der Waals surface area contributed by atoms with Crippen LogP contribution in [-0.4, -0.2) is 35.3 Å². The molecule has 0 spiro atoms. The molecule has 0 aliphatic carbocycles. The lowest BCUT2D eigenvalue weighted by Crippen LogP contribution is -2.13. The van der Waals surface area contributed by atoms with Crippen molar-refractivity contribution in [3.63, 3.8) is 0 Å². The van der Waals surface area contributed by atoms with Crippen molar-refractivity contribution in [3.8, 4) is 16.9 Å². The molecule has 0 radical (unpaired) electrons. The van der Waals surface area contributed by atoms with Gasteiger partial charge in [-0.15, -0.1) is 0 Å². The fraction of sp³-hybridized carbons (Fsp3) is 0.160. The smallest absolute Gasteiger partial charge is 0.255 e. The molecule has 2 aromatic heterocycles. The van der Waals surface area contributed by atoms with E-state index in [-0.39, 0.29) is 16.3 Å². The number of aryl methyl sites for hydroxylation is 1. The molecule has 4 aromatic rings. The summed E-state index contributed by atoms with van der Waals surface area (Å²) in [5.41, 5.74) is 9.35. The summed E-state index contributed by atoms with van der Waals surface area (Å²) >= 11 is 0. The van der Waals surface area contributed by atoms with Crippen LogP contribution in [-0.2, 0) is 16.9 Å². The fourth-order valence-electron chi connectivity index (χ4n) is 3.48. The van der Waals surface area contributed by atoms with Crippen LogP contribution in [0.4, 0.5) is 11.5 Å². The number of rotatable bonds is 7. The molecule has 1 amide bonds. The third-order valence-electron chi connectivity index (χ3n) is 5.36. The second kappa shape index (κ2) is 9.59. The molecule has 0 saturated carbocycles. The molecule has 35 heavy (non-hydrogen) atoms. The van der Waals surface area contributed by atoms with E-state index in [1.807, 2.05) is 32.3 Å². The van der Waals surface area contributed by atoms with Gasteiger partial charge in [0.25, 0.3) is 5.91 Å². The minimum atomic E-state index is -3.42. The van der Waals surface area contributed by atoms with Gasteiger partial charge < -0.3 is 15.8 Å². The van der Waals surface area contributed by atoms with Crippen molar-refractivity contribution in [2.45, 2.75) is 17.9 Å². The normalized spacial score (nSPS) is 12.2. The van der Waals surface area contributed by atoms with Gasteiger partial charge in [-0.3, -0.25) is 9.48 Å². The summed E-state index contributed by atoms with van der Waals surface area (Å²) in [5.74, 6) is 0.282. The van der Waals surface area contributed by atoms with E-state index in [2.05, 4.69) is 15.4 Å². The van der Waals surface area contributed by atoms with E-state index in [4.69, 9.17) is 10.5 Å². The summed E-state index contributed by atoms with van der Waals surface area (Å²) < 4.78 is 31.4. The van der Waals surface area contributed by atoms with Crippen LogP contribution in [0.15, 0.2) is 78.1 Å². The first-order chi connectivity index (χ1) is 16.6. The molecule has 1 atom stereocenters. The quantitative estimate of drug-likeness (QED) is 0.401. The summed E-state index contributed by atoms with van der Waals surface area (Å²) in [5, 5.41) is 6.98. The Balaban J connectivity index is 1.51. The number of nitrogens with zero attached hydrogens (tertiary/aromatic N) is 3. The van der Waals surface area contributed by atoms with Gasteiger partial charge in [0.05, 0.1) is 11.1 Å². The van der Waals surface area contributed by atoms with E-state index >= 15 is 0 Å². The minimum absolute atomic E-state index is 0.0839. The molecule has 0 saturated heterocycles. The van der Waals surface area contributed by atoms with Crippen molar-refractivity contribution < 1.29 is 17.9 Å². The molecule has 180 valence electrons. The summed E-state index contributed by atoms with van der Waals surface area (Å²) in [6.07, 6.45) is 5.98. The average molecular weight is 492 g/mol. The van der Waals surface area contributed by atoms with Gasteiger partial charge >= 0.3 is 0 Å². The Bertz CT molecular complexity index is 1500. The van der Waals surface area contributed by atoms with Crippen molar-refractivity contribution in [2.24, 2.45) is 7.05 Å². The van der Waals surface area contributed by atoms with E-state index < -0.39 is 21.8 Å². The Labute approximate surface area is 203 Å². The maximum atomic E-state index is 12.7. The lowest BCUT2D eigenvalue weighted by Gasteiger charge is -2.17. The zero-order chi connectivity index (χ0) is 25.2. The van der Waals surface area contributed by atoms with Gasteiger partial charge in [-0.05, 0) is 48.9 Å². The SMILES string of the molecule is C[C@H](Oc1cc(-c2cnn(C)c2)cnc1N)c1cccc(NC(=O)c2cccc(S(C)(=O)=O)c2)c1. The standard InChI is InChI=1S/C25H25N5O4S/c1-16(34-23-12-19(13-27-24(23)26)20-14-28-30(2)15-20)17-6-4-8-21(10-17)29-25(31)18-7-5-9-22(11-18)35(3,32)33/h4-16H,1-3H3,(H2,26,27)(H,29,31)/t16-/m0/s1. The lowest BCUT2D eigenvalue weighted by molar-refractivity contribution is 0.102. The summed E-state index contributed by atoms with van der Waals surface area (Å²) in [4.78, 5) is 17.0. The molecular weight excluding hydrogens is 466 g/mol. The van der Waals surface area contributed by atoms with Crippen LogP contribution in [0, 0.1) is 0 Å². The number of anilines is 2. The van der Waals surface area contributed by atoms with E-state index in [9.17, 15) is 13.2 Å². The number of hydrogen-bond acceptors (Lipinski definition) is 7. The number of carbonyl (C=O) groups excluding carboxylic acids is 1. The van der Waals surface area contributed by atoms with Crippen LogP contribution in [0.25, 0.3) is 11.1 Å². The third kappa shape index (κ3) is 5.67. The van der Waals surface area contributed by atoms with Gasteiger partial charge in [0.1, 0.15) is 6.10 Å². The summed E-state index contributed by atoms with van der Waals surface area (Å²) in [6.45, 7) is 1.87. The van der Waals surface area contributed by atoms with Crippen LogP contribution in [0.5, 0.6) is 5.75 Å². The highest BCUT2D eigenvalue weighted by molar-refractivity contribution is 7.90. The Morgan fingerprint density at radius 2 is 1.86 bits per heavy atom. The van der Waals surface area contributed by atoms with Gasteiger partial charge in [-0.25, -0.2) is 13.4 Å². The number of carbonyl (C=O) groups is 1. The molecule has 2 heterocycles. The highest BCUT2D eigenvalue weighted by atomic mass is 32.2. The number of amides is 1. The Morgan fingerprint density at radius 3 is 2.57 bits per heavy atom. The highest BCUT2D eigenvalue weighted by Gasteiger charge is 2.15. The van der Waals surface area contributed by atoms with Crippen molar-refractivity contribution in [1.82, 2.24) is 14.8 Å². The Kier molecular flexibility index (Phi) is 6.57. The molecule has 4 rings (SSSR count). The molecule has 10 heteroatoms. The zero-order valence-corrected chi connectivity index (χ0v) is 20.3. The van der Waals surface area contributed by atoms with Gasteiger partial charge in [0.15, 0.2) is 21.4 Å². The monoisotopic (exact) mass is 491 g/mol. The van der Waals surface area contributed by atoms with Crippen molar-refractivity contribution >= 4 is 27.2 Å². The number of benzene rings is 2. The summed E-state index contributed by atoms with van der Waals surface area (Å²) in [6, 6.07) is 14.9. The highest BCUT2D eigenvalue weighted by Crippen LogP contribution is 2.31. The number of pyridine rings is 1. The van der Waals surface area contributed by atoms with Crippen LogP contribution >= 0.6 is 0 Å². The minimum Gasteiger partial charge on any atom is -0.482 e. The second-order valence-corrected chi connectivity index (χ2v) is 10.2. The number of hydrogen-bond donors (Lipinski definition) is 2. The first-order valence-electron chi connectivity index (χ1n) is 10.7. The van der Waals surface area contributed by atoms with E-state index in [1.54, 1.807) is 41.3 Å². The van der Waals surface area contributed by atoms with E-state index in [0.29, 0.717) is 11.4 Å². The molecule has 0 bridgehead atoms. The first kappa shape index (κ1) is 24.0. The van der Waals surface area contributed by atoms with E-state index in [0.717, 1.165) is 22.9 Å². The topological polar surface area (TPSA) is 129 Å². The molecule has 0 fully saturated rings. The number of sulfone groups is 1. The van der Waals surface area contributed by atoms with Crippen molar-refractivity contribution in [3.05, 3.63) is 84.3 Å². The largest absolute Gasteiger partial charge is 0.482 e. The molecule has 0 unspecified atom stereocenters. The predicted molar refractivity (Wildman–Crippen MR) is 134 cm³/mol. The molecule has 2 aromatic carbocycles. The maximum absolute atomic E-state index is 12.7. The fourth-order valence-corrected chi connectivity index (χ4v) is 4.14. The average Bonchev–Trinajstić information content (AvgIpc) is 3.26. The number of nitrogens with one attached hydrogen (secondary N) is 1. The summed E-state index contributed by atoms with van der Waals surface area (Å²) in [7, 11) is -1.58.